The summed E-state index contributed by atoms with van der Waals surface area (Å²) in [6.45, 7) is 7.73. The van der Waals surface area contributed by atoms with Gasteiger partial charge in [-0.25, -0.2) is 0 Å². The molecule has 4 heteroatoms. The van der Waals surface area contributed by atoms with Gasteiger partial charge in [0.25, 0.3) is 5.91 Å². The van der Waals surface area contributed by atoms with E-state index in [0.29, 0.717) is 12.2 Å². The maximum atomic E-state index is 12.1. The first-order valence-corrected chi connectivity index (χ1v) is 7.77. The number of ether oxygens (including phenoxy) is 1. The highest BCUT2D eigenvalue weighted by Crippen LogP contribution is 2.27. The van der Waals surface area contributed by atoms with Crippen molar-refractivity contribution in [3.05, 3.63) is 29.8 Å². The van der Waals surface area contributed by atoms with Gasteiger partial charge in [0, 0.05) is 11.6 Å². The van der Waals surface area contributed by atoms with Gasteiger partial charge < -0.3 is 15.2 Å². The lowest BCUT2D eigenvalue weighted by Gasteiger charge is -2.21. The number of aliphatic hydroxyl groups is 1. The van der Waals surface area contributed by atoms with Gasteiger partial charge in [0.05, 0.1) is 6.10 Å². The largest absolute Gasteiger partial charge is 0.481 e. The average molecular weight is 293 g/mol. The summed E-state index contributed by atoms with van der Waals surface area (Å²) in [5.41, 5.74) is 0.724. The van der Waals surface area contributed by atoms with Crippen LogP contribution in [-0.2, 0) is 4.79 Å². The van der Waals surface area contributed by atoms with Crippen LogP contribution in [0.25, 0.3) is 0 Å². The maximum absolute atomic E-state index is 12.1. The van der Waals surface area contributed by atoms with Crippen molar-refractivity contribution < 1.29 is 14.6 Å². The molecule has 0 aliphatic carbocycles. The predicted molar refractivity (Wildman–Crippen MR) is 84.3 cm³/mol. The summed E-state index contributed by atoms with van der Waals surface area (Å²) in [5.74, 6) is 0.448. The monoisotopic (exact) mass is 293 g/mol. The zero-order chi connectivity index (χ0) is 15.8. The third kappa shape index (κ3) is 5.05. The third-order valence-corrected chi connectivity index (χ3v) is 3.67. The number of aliphatic hydroxyl groups excluding tert-OH is 1. The van der Waals surface area contributed by atoms with Crippen LogP contribution in [0.1, 0.15) is 58.6 Å². The van der Waals surface area contributed by atoms with Gasteiger partial charge in [0.1, 0.15) is 5.75 Å². The van der Waals surface area contributed by atoms with E-state index in [1.165, 1.54) is 0 Å². The molecule has 0 aliphatic rings. The van der Waals surface area contributed by atoms with Crippen LogP contribution < -0.4 is 10.1 Å². The van der Waals surface area contributed by atoms with Crippen molar-refractivity contribution in [3.63, 3.8) is 0 Å². The molecule has 1 rings (SSSR count). The molecule has 0 heterocycles. The summed E-state index contributed by atoms with van der Waals surface area (Å²) in [5, 5.41) is 13.0. The van der Waals surface area contributed by atoms with Crippen LogP contribution in [0.15, 0.2) is 24.3 Å². The summed E-state index contributed by atoms with van der Waals surface area (Å²) in [6.07, 6.45) is 1.25. The molecule has 21 heavy (non-hydrogen) atoms. The van der Waals surface area contributed by atoms with Crippen LogP contribution in [0.2, 0.25) is 0 Å². The smallest absolute Gasteiger partial charge is 0.260 e. The van der Waals surface area contributed by atoms with Crippen molar-refractivity contribution in [2.24, 2.45) is 0 Å². The van der Waals surface area contributed by atoms with Gasteiger partial charge in [0.15, 0.2) is 6.10 Å². The SMILES string of the molecule is CCC(CC)NC(=O)C(C)Oc1ccccc1C(O)CC. The highest BCUT2D eigenvalue weighted by Gasteiger charge is 2.19. The number of nitrogens with one attached hydrogen (secondary N) is 1. The molecule has 0 aliphatic heterocycles. The standard InChI is InChI=1S/C17H27NO3/c1-5-13(6-2)18-17(20)12(4)21-16-11-9-8-10-14(16)15(19)7-3/h8-13,15,19H,5-7H2,1-4H3,(H,18,20). The number of hydrogen-bond acceptors (Lipinski definition) is 3. The van der Waals surface area contributed by atoms with Gasteiger partial charge in [0.2, 0.25) is 0 Å². The first-order chi connectivity index (χ1) is 10.0. The fourth-order valence-corrected chi connectivity index (χ4v) is 2.14. The Morgan fingerprint density at radius 1 is 1.19 bits per heavy atom. The summed E-state index contributed by atoms with van der Waals surface area (Å²) < 4.78 is 5.75. The Morgan fingerprint density at radius 3 is 2.38 bits per heavy atom. The van der Waals surface area contributed by atoms with E-state index >= 15 is 0 Å². The topological polar surface area (TPSA) is 58.6 Å². The summed E-state index contributed by atoms with van der Waals surface area (Å²) in [4.78, 5) is 12.1. The lowest BCUT2D eigenvalue weighted by Crippen LogP contribution is -2.42. The number of benzene rings is 1. The van der Waals surface area contributed by atoms with Crippen LogP contribution in [0, 0.1) is 0 Å². The zero-order valence-electron chi connectivity index (χ0n) is 13.4. The molecule has 2 N–H and O–H groups in total. The Labute approximate surface area is 127 Å². The van der Waals surface area contributed by atoms with Gasteiger partial charge in [-0.2, -0.15) is 0 Å². The highest BCUT2D eigenvalue weighted by molar-refractivity contribution is 5.81. The third-order valence-electron chi connectivity index (χ3n) is 3.67. The fourth-order valence-electron chi connectivity index (χ4n) is 2.14. The Balaban J connectivity index is 2.74. The lowest BCUT2D eigenvalue weighted by atomic mass is 10.1. The van der Waals surface area contributed by atoms with Crippen LogP contribution in [0.4, 0.5) is 0 Å². The first-order valence-electron chi connectivity index (χ1n) is 7.77. The normalized spacial score (nSPS) is 13.8. The number of carbonyl (C=O) groups excluding carboxylic acids is 1. The van der Waals surface area contributed by atoms with E-state index in [1.54, 1.807) is 13.0 Å². The number of hydrogen-bond donors (Lipinski definition) is 2. The summed E-state index contributed by atoms with van der Waals surface area (Å²) in [6, 6.07) is 7.49. The van der Waals surface area contributed by atoms with Gasteiger partial charge in [-0.3, -0.25) is 4.79 Å². The number of rotatable bonds is 8. The number of para-hydroxylation sites is 1. The predicted octanol–water partition coefficient (Wildman–Crippen LogP) is 3.20. The Hall–Kier alpha value is -1.55. The van der Waals surface area contributed by atoms with Crippen molar-refractivity contribution in [3.8, 4) is 5.75 Å². The second-order valence-corrected chi connectivity index (χ2v) is 5.24. The van der Waals surface area contributed by atoms with Crippen molar-refractivity contribution in [2.75, 3.05) is 0 Å². The first kappa shape index (κ1) is 17.5. The number of carbonyl (C=O) groups is 1. The molecule has 0 saturated carbocycles. The van der Waals surface area contributed by atoms with E-state index in [0.717, 1.165) is 18.4 Å². The molecular formula is C17H27NO3. The Bertz CT molecular complexity index is 443. The van der Waals surface area contributed by atoms with Crippen LogP contribution >= 0.6 is 0 Å². The van der Waals surface area contributed by atoms with E-state index in [2.05, 4.69) is 5.32 Å². The molecule has 4 nitrogen and oxygen atoms in total. The second kappa shape index (κ2) is 8.67. The van der Waals surface area contributed by atoms with E-state index in [1.807, 2.05) is 39.0 Å². The Kier molecular flexibility index (Phi) is 7.23. The maximum Gasteiger partial charge on any atom is 0.260 e. The minimum atomic E-state index is -0.587. The second-order valence-electron chi connectivity index (χ2n) is 5.24. The van der Waals surface area contributed by atoms with E-state index in [9.17, 15) is 9.90 Å². The van der Waals surface area contributed by atoms with E-state index in [-0.39, 0.29) is 11.9 Å². The molecule has 0 bridgehead atoms. The van der Waals surface area contributed by atoms with E-state index in [4.69, 9.17) is 4.74 Å². The average Bonchev–Trinajstić information content (AvgIpc) is 2.51. The fraction of sp³-hybridized carbons (Fsp3) is 0.588. The van der Waals surface area contributed by atoms with Gasteiger partial charge in [-0.15, -0.1) is 0 Å². The van der Waals surface area contributed by atoms with Crippen molar-refractivity contribution in [1.29, 1.82) is 0 Å². The molecular weight excluding hydrogens is 266 g/mol. The van der Waals surface area contributed by atoms with Gasteiger partial charge in [-0.1, -0.05) is 39.0 Å². The molecule has 2 atom stereocenters. The molecule has 1 aromatic carbocycles. The highest BCUT2D eigenvalue weighted by atomic mass is 16.5. The summed E-state index contributed by atoms with van der Waals surface area (Å²) in [7, 11) is 0. The number of amides is 1. The Morgan fingerprint density at radius 2 is 1.81 bits per heavy atom. The molecule has 1 aromatic rings. The molecule has 118 valence electrons. The van der Waals surface area contributed by atoms with Gasteiger partial charge in [-0.05, 0) is 32.3 Å². The summed E-state index contributed by atoms with van der Waals surface area (Å²) >= 11 is 0. The van der Waals surface area contributed by atoms with Crippen LogP contribution in [0.3, 0.4) is 0 Å². The molecule has 0 radical (unpaired) electrons. The minimum Gasteiger partial charge on any atom is -0.481 e. The van der Waals surface area contributed by atoms with E-state index < -0.39 is 12.2 Å². The quantitative estimate of drug-likeness (QED) is 0.774. The van der Waals surface area contributed by atoms with Crippen molar-refractivity contribution >= 4 is 5.91 Å². The molecule has 0 fully saturated rings. The molecule has 2 unspecified atom stereocenters. The van der Waals surface area contributed by atoms with Crippen molar-refractivity contribution in [1.82, 2.24) is 5.32 Å². The van der Waals surface area contributed by atoms with Crippen molar-refractivity contribution in [2.45, 2.75) is 65.2 Å². The molecule has 1 amide bonds. The van der Waals surface area contributed by atoms with Crippen LogP contribution in [-0.4, -0.2) is 23.2 Å². The lowest BCUT2D eigenvalue weighted by molar-refractivity contribution is -0.128. The zero-order valence-corrected chi connectivity index (χ0v) is 13.4. The van der Waals surface area contributed by atoms with Gasteiger partial charge >= 0.3 is 0 Å². The molecule has 0 saturated heterocycles. The van der Waals surface area contributed by atoms with Crippen LogP contribution in [0.5, 0.6) is 5.75 Å². The molecule has 0 aromatic heterocycles. The molecule has 0 spiro atoms. The minimum absolute atomic E-state index is 0.121.